The molecule has 34 heavy (non-hydrogen) atoms. The van der Waals surface area contributed by atoms with Gasteiger partial charge in [0, 0.05) is 74.0 Å². The lowest BCUT2D eigenvalue weighted by molar-refractivity contribution is -0.0566. The Morgan fingerprint density at radius 2 is 1.91 bits per heavy atom. The molecule has 7 nitrogen and oxygen atoms in total. The zero-order valence-corrected chi connectivity index (χ0v) is 18.5. The third-order valence-corrected chi connectivity index (χ3v) is 6.09. The minimum Gasteiger partial charge on any atom is -0.321 e. The van der Waals surface area contributed by atoms with E-state index in [1.54, 1.807) is 42.3 Å². The number of carbonyl (C=O) groups is 1. The van der Waals surface area contributed by atoms with Gasteiger partial charge in [0.25, 0.3) is 11.8 Å². The van der Waals surface area contributed by atoms with Gasteiger partial charge in [0.2, 0.25) is 0 Å². The molecular weight excluding hydrogens is 445 g/mol. The maximum Gasteiger partial charge on any atom is 0.276 e. The third kappa shape index (κ3) is 4.54. The lowest BCUT2D eigenvalue weighted by Crippen LogP contribution is -2.38. The van der Waals surface area contributed by atoms with Crippen LogP contribution < -0.4 is 5.32 Å². The van der Waals surface area contributed by atoms with E-state index in [0.29, 0.717) is 47.4 Å². The zero-order valence-electron chi connectivity index (χ0n) is 18.5. The molecule has 0 bridgehead atoms. The number of carbonyl (C=O) groups excluding carboxylic acids is 1. The summed E-state index contributed by atoms with van der Waals surface area (Å²) in [6, 6.07) is 10.2. The van der Waals surface area contributed by atoms with Gasteiger partial charge in [0.15, 0.2) is 5.69 Å². The highest BCUT2D eigenvalue weighted by Gasteiger charge is 2.33. The molecule has 176 valence electrons. The first kappa shape index (κ1) is 22.1. The normalized spacial score (nSPS) is 16.1. The van der Waals surface area contributed by atoms with Crippen LogP contribution in [0.15, 0.2) is 48.8 Å². The van der Waals surface area contributed by atoms with Crippen LogP contribution in [0.3, 0.4) is 0 Å². The van der Waals surface area contributed by atoms with Gasteiger partial charge < -0.3 is 5.32 Å². The van der Waals surface area contributed by atoms with Crippen molar-refractivity contribution in [2.24, 2.45) is 7.05 Å². The van der Waals surface area contributed by atoms with E-state index < -0.39 is 17.6 Å². The number of nitrogens with zero attached hydrogens (tertiary/aromatic N) is 4. The van der Waals surface area contributed by atoms with Gasteiger partial charge in [-0.05, 0) is 23.8 Å². The Morgan fingerprint density at radius 1 is 1.18 bits per heavy atom. The molecule has 2 N–H and O–H groups in total. The Balaban J connectivity index is 1.30. The molecule has 0 atom stereocenters. The molecule has 10 heteroatoms. The number of aromatic nitrogens is 4. The van der Waals surface area contributed by atoms with Crippen molar-refractivity contribution in [2.75, 3.05) is 18.4 Å². The number of amides is 1. The molecule has 0 saturated carbocycles. The molecule has 3 heterocycles. The average molecular weight is 468 g/mol. The number of rotatable bonds is 5. The molecule has 1 fully saturated rings. The molecule has 1 amide bonds. The molecular formula is C24H23F3N6O. The van der Waals surface area contributed by atoms with Crippen molar-refractivity contribution < 1.29 is 18.0 Å². The fourth-order valence-corrected chi connectivity index (χ4v) is 4.17. The van der Waals surface area contributed by atoms with Crippen molar-refractivity contribution in [1.82, 2.24) is 24.9 Å². The number of H-pyrrole nitrogens is 1. The highest BCUT2D eigenvalue weighted by molar-refractivity contribution is 6.11. The summed E-state index contributed by atoms with van der Waals surface area (Å²) in [6.45, 7) is 1.30. The number of likely N-dealkylation sites (tertiary alicyclic amines) is 1. The molecule has 5 rings (SSSR count). The molecule has 0 spiro atoms. The molecule has 1 saturated heterocycles. The molecule has 0 radical (unpaired) electrons. The summed E-state index contributed by atoms with van der Waals surface area (Å²) in [5.74, 6) is -3.43. The minimum atomic E-state index is -2.56. The zero-order chi connectivity index (χ0) is 23.9. The van der Waals surface area contributed by atoms with E-state index in [4.69, 9.17) is 0 Å². The van der Waals surface area contributed by atoms with Gasteiger partial charge in [-0.15, -0.1) is 0 Å². The maximum absolute atomic E-state index is 14.6. The Morgan fingerprint density at radius 3 is 2.59 bits per heavy atom. The number of piperidine rings is 1. The molecule has 1 aliphatic rings. The fourth-order valence-electron chi connectivity index (χ4n) is 4.17. The number of anilines is 1. The lowest BCUT2D eigenvalue weighted by Gasteiger charge is -2.31. The van der Waals surface area contributed by atoms with Crippen molar-refractivity contribution in [2.45, 2.75) is 25.3 Å². The summed E-state index contributed by atoms with van der Waals surface area (Å²) in [5, 5.41) is 14.2. The molecule has 0 unspecified atom stereocenters. The average Bonchev–Trinajstić information content (AvgIpc) is 3.41. The predicted molar refractivity (Wildman–Crippen MR) is 122 cm³/mol. The van der Waals surface area contributed by atoms with Crippen LogP contribution in [-0.2, 0) is 13.6 Å². The van der Waals surface area contributed by atoms with E-state index >= 15 is 0 Å². The van der Waals surface area contributed by atoms with E-state index in [1.165, 1.54) is 6.07 Å². The second-order valence-electron chi connectivity index (χ2n) is 8.64. The smallest absolute Gasteiger partial charge is 0.276 e. The Labute approximate surface area is 193 Å². The summed E-state index contributed by atoms with van der Waals surface area (Å²) in [7, 11) is 1.74. The van der Waals surface area contributed by atoms with Crippen LogP contribution in [0.1, 0.15) is 28.9 Å². The lowest BCUT2D eigenvalue weighted by atomic mass is 10.0. The minimum absolute atomic E-state index is 0.120. The maximum atomic E-state index is 14.6. The van der Waals surface area contributed by atoms with E-state index in [9.17, 15) is 18.0 Å². The molecule has 0 aliphatic carbocycles. The van der Waals surface area contributed by atoms with Gasteiger partial charge >= 0.3 is 0 Å². The number of alkyl halides is 2. The van der Waals surface area contributed by atoms with Gasteiger partial charge in [0.1, 0.15) is 5.82 Å². The molecule has 4 aromatic rings. The van der Waals surface area contributed by atoms with Crippen LogP contribution in [0, 0.1) is 5.82 Å². The summed E-state index contributed by atoms with van der Waals surface area (Å²) in [5.41, 5.74) is 3.05. The van der Waals surface area contributed by atoms with Crippen LogP contribution in [0.4, 0.5) is 18.9 Å². The topological polar surface area (TPSA) is 78.8 Å². The van der Waals surface area contributed by atoms with Gasteiger partial charge in [-0.2, -0.15) is 10.2 Å². The van der Waals surface area contributed by atoms with Crippen molar-refractivity contribution >= 4 is 22.5 Å². The number of benzene rings is 2. The van der Waals surface area contributed by atoms with Crippen LogP contribution >= 0.6 is 0 Å². The number of halogens is 3. The van der Waals surface area contributed by atoms with Gasteiger partial charge in [0.05, 0.1) is 11.7 Å². The number of fused-ring (bicyclic) bond motifs is 1. The first-order valence-corrected chi connectivity index (χ1v) is 10.9. The summed E-state index contributed by atoms with van der Waals surface area (Å²) in [6.07, 6.45) is 3.01. The first-order chi connectivity index (χ1) is 16.3. The number of nitrogens with one attached hydrogen (secondary N) is 2. The van der Waals surface area contributed by atoms with Crippen LogP contribution in [0.5, 0.6) is 0 Å². The quantitative estimate of drug-likeness (QED) is 0.449. The highest BCUT2D eigenvalue weighted by Crippen LogP contribution is 2.30. The standard InChI is InChI=1S/C24H23F3N6O/c1-32-14-16(12-28-32)18-10-19-21(11-20(18)25)30-31-22(19)23(34)29-17-4-2-15(3-5-17)13-33-8-6-24(26,27)7-9-33/h2-5,10-12,14H,6-9,13H2,1H3,(H,29,34)(H,30,31). The van der Waals surface area contributed by atoms with Crippen LogP contribution in [0.25, 0.3) is 22.0 Å². The van der Waals surface area contributed by atoms with E-state index in [-0.39, 0.29) is 18.5 Å². The number of hydrogen-bond donors (Lipinski definition) is 2. The Hall–Kier alpha value is -3.66. The number of aromatic amines is 1. The highest BCUT2D eigenvalue weighted by atomic mass is 19.3. The van der Waals surface area contributed by atoms with Gasteiger partial charge in [-0.1, -0.05) is 12.1 Å². The van der Waals surface area contributed by atoms with Crippen LogP contribution in [-0.4, -0.2) is 49.8 Å². The van der Waals surface area contributed by atoms with Crippen molar-refractivity contribution in [3.63, 3.8) is 0 Å². The molecule has 2 aromatic heterocycles. The predicted octanol–water partition coefficient (Wildman–Crippen LogP) is 4.59. The van der Waals surface area contributed by atoms with Gasteiger partial charge in [-0.3, -0.25) is 19.5 Å². The second-order valence-corrected chi connectivity index (χ2v) is 8.64. The van der Waals surface area contributed by atoms with Crippen molar-refractivity contribution in [3.8, 4) is 11.1 Å². The van der Waals surface area contributed by atoms with E-state index in [1.807, 2.05) is 17.0 Å². The monoisotopic (exact) mass is 468 g/mol. The SMILES string of the molecule is Cn1cc(-c2cc3c(C(=O)Nc4ccc(CN5CCC(F)(F)CC5)cc4)n[nH]c3cc2F)cn1. The summed E-state index contributed by atoms with van der Waals surface area (Å²) >= 11 is 0. The summed E-state index contributed by atoms with van der Waals surface area (Å²) < 4.78 is 42.8. The van der Waals surface area contributed by atoms with Gasteiger partial charge in [-0.25, -0.2) is 13.2 Å². The Kier molecular flexibility index (Phi) is 5.60. The molecule has 1 aliphatic heterocycles. The fraction of sp³-hybridized carbons (Fsp3) is 0.292. The van der Waals surface area contributed by atoms with E-state index in [0.717, 1.165) is 5.56 Å². The van der Waals surface area contributed by atoms with E-state index in [2.05, 4.69) is 20.6 Å². The van der Waals surface area contributed by atoms with Crippen molar-refractivity contribution in [3.05, 3.63) is 65.9 Å². The Bertz CT molecular complexity index is 1330. The first-order valence-electron chi connectivity index (χ1n) is 10.9. The largest absolute Gasteiger partial charge is 0.321 e. The summed E-state index contributed by atoms with van der Waals surface area (Å²) in [4.78, 5) is 14.9. The third-order valence-electron chi connectivity index (χ3n) is 6.09. The second kappa shape index (κ2) is 8.60. The van der Waals surface area contributed by atoms with Crippen LogP contribution in [0.2, 0.25) is 0 Å². The van der Waals surface area contributed by atoms with Crippen molar-refractivity contribution in [1.29, 1.82) is 0 Å². The molecule has 2 aromatic carbocycles. The number of hydrogen-bond acceptors (Lipinski definition) is 4. The number of aryl methyl sites for hydroxylation is 1.